The van der Waals surface area contributed by atoms with Crippen molar-refractivity contribution in [1.29, 1.82) is 0 Å². The van der Waals surface area contributed by atoms with Crippen LogP contribution in [0.4, 0.5) is 11.5 Å². The molecule has 0 aliphatic rings. The number of nitrogens with zero attached hydrogens (tertiary/aromatic N) is 3. The van der Waals surface area contributed by atoms with Gasteiger partial charge in [0, 0.05) is 7.05 Å². The van der Waals surface area contributed by atoms with Gasteiger partial charge >= 0.3 is 11.7 Å². The van der Waals surface area contributed by atoms with Gasteiger partial charge < -0.3 is 10.4 Å². The summed E-state index contributed by atoms with van der Waals surface area (Å²) in [6.45, 7) is 3.60. The van der Waals surface area contributed by atoms with E-state index in [9.17, 15) is 14.9 Å². The first kappa shape index (κ1) is 14.9. The Morgan fingerprint density at radius 3 is 2.63 bits per heavy atom. The number of nitrogens with one attached hydrogen (secondary N) is 1. The normalized spacial score (nSPS) is 12.2. The second-order valence-electron chi connectivity index (χ2n) is 4.22. The van der Waals surface area contributed by atoms with E-state index < -0.39 is 16.9 Å². The molecule has 19 heavy (non-hydrogen) atoms. The van der Waals surface area contributed by atoms with Gasteiger partial charge in [-0.25, -0.2) is 9.48 Å². The summed E-state index contributed by atoms with van der Waals surface area (Å²) in [7, 11) is 1.56. The van der Waals surface area contributed by atoms with Crippen LogP contribution >= 0.6 is 0 Å². The van der Waals surface area contributed by atoms with Gasteiger partial charge in [0.05, 0.1) is 4.92 Å². The first-order chi connectivity index (χ1) is 8.92. The highest BCUT2D eigenvalue weighted by molar-refractivity contribution is 5.78. The molecule has 0 radical (unpaired) electrons. The maximum Gasteiger partial charge on any atom is 0.334 e. The van der Waals surface area contributed by atoms with Crippen molar-refractivity contribution < 1.29 is 14.8 Å². The number of carboxylic acid groups (broad SMARTS) is 1. The zero-order valence-electron chi connectivity index (χ0n) is 11.2. The fraction of sp³-hybridized carbons (Fsp3) is 0.636. The van der Waals surface area contributed by atoms with Crippen LogP contribution in [-0.4, -0.2) is 31.8 Å². The molecule has 0 spiro atoms. The lowest BCUT2D eigenvalue weighted by atomic mass is 10.2. The first-order valence-electron chi connectivity index (χ1n) is 6.11. The minimum atomic E-state index is -1.05. The third-order valence-electron chi connectivity index (χ3n) is 2.78. The SMILES string of the molecule is CCCc1nn(C)c(NC(CC)C(=O)O)c1[N+](=O)[O-]. The van der Waals surface area contributed by atoms with Crippen LogP contribution in [0.15, 0.2) is 0 Å². The van der Waals surface area contributed by atoms with Crippen molar-refractivity contribution in [2.75, 3.05) is 5.32 Å². The van der Waals surface area contributed by atoms with Crippen LogP contribution in [-0.2, 0) is 18.3 Å². The molecule has 1 unspecified atom stereocenters. The van der Waals surface area contributed by atoms with Crippen molar-refractivity contribution in [3.63, 3.8) is 0 Å². The molecule has 0 aliphatic heterocycles. The second-order valence-corrected chi connectivity index (χ2v) is 4.22. The third-order valence-corrected chi connectivity index (χ3v) is 2.78. The molecule has 1 aromatic heterocycles. The lowest BCUT2D eigenvalue weighted by Gasteiger charge is -2.12. The number of hydrogen-bond acceptors (Lipinski definition) is 5. The standard InChI is InChI=1S/C11H18N4O4/c1-4-6-8-9(15(18)19)10(14(3)13-8)12-7(5-2)11(16)17/h7,12H,4-6H2,1-3H3,(H,16,17). The Balaban J connectivity index is 3.18. The molecule has 1 heterocycles. The molecule has 0 bridgehead atoms. The summed E-state index contributed by atoms with van der Waals surface area (Å²) in [5.41, 5.74) is 0.238. The van der Waals surface area contributed by atoms with E-state index in [-0.39, 0.29) is 11.5 Å². The molecule has 1 rings (SSSR count). The largest absolute Gasteiger partial charge is 0.480 e. The van der Waals surface area contributed by atoms with Gasteiger partial charge in [0.25, 0.3) is 0 Å². The Labute approximate surface area is 110 Å². The molecule has 1 atom stereocenters. The topological polar surface area (TPSA) is 110 Å². The fourth-order valence-corrected chi connectivity index (χ4v) is 1.83. The average molecular weight is 270 g/mol. The highest BCUT2D eigenvalue weighted by Crippen LogP contribution is 2.29. The van der Waals surface area contributed by atoms with E-state index in [0.29, 0.717) is 18.5 Å². The zero-order chi connectivity index (χ0) is 14.6. The zero-order valence-corrected chi connectivity index (χ0v) is 11.2. The maximum atomic E-state index is 11.1. The highest BCUT2D eigenvalue weighted by atomic mass is 16.6. The fourth-order valence-electron chi connectivity index (χ4n) is 1.83. The minimum Gasteiger partial charge on any atom is -0.480 e. The lowest BCUT2D eigenvalue weighted by Crippen LogP contribution is -2.29. The predicted octanol–water partition coefficient (Wildman–Crippen LogP) is 1.56. The van der Waals surface area contributed by atoms with E-state index in [4.69, 9.17) is 5.11 Å². The van der Waals surface area contributed by atoms with Crippen LogP contribution in [0.2, 0.25) is 0 Å². The van der Waals surface area contributed by atoms with Crippen molar-refractivity contribution in [2.24, 2.45) is 7.05 Å². The molecule has 0 saturated carbocycles. The lowest BCUT2D eigenvalue weighted by molar-refractivity contribution is -0.384. The monoisotopic (exact) mass is 270 g/mol. The molecule has 8 nitrogen and oxygen atoms in total. The van der Waals surface area contributed by atoms with E-state index in [0.717, 1.165) is 6.42 Å². The number of nitro groups is 1. The number of rotatable bonds is 7. The number of carboxylic acids is 1. The number of aromatic nitrogens is 2. The Morgan fingerprint density at radius 2 is 2.21 bits per heavy atom. The van der Waals surface area contributed by atoms with Gasteiger partial charge in [-0.3, -0.25) is 10.1 Å². The molecule has 0 fully saturated rings. The van der Waals surface area contributed by atoms with Crippen LogP contribution < -0.4 is 5.32 Å². The average Bonchev–Trinajstić information content (AvgIpc) is 2.62. The van der Waals surface area contributed by atoms with Gasteiger partial charge in [0.2, 0.25) is 5.82 Å². The van der Waals surface area contributed by atoms with E-state index in [1.54, 1.807) is 14.0 Å². The van der Waals surface area contributed by atoms with Gasteiger partial charge in [-0.1, -0.05) is 20.3 Å². The molecule has 0 amide bonds. The molecule has 0 aliphatic carbocycles. The van der Waals surface area contributed by atoms with Gasteiger partial charge in [-0.05, 0) is 12.8 Å². The van der Waals surface area contributed by atoms with E-state index in [1.165, 1.54) is 4.68 Å². The Hall–Kier alpha value is -2.12. The molecule has 8 heteroatoms. The van der Waals surface area contributed by atoms with Gasteiger partial charge in [-0.2, -0.15) is 5.10 Å². The van der Waals surface area contributed by atoms with E-state index in [1.807, 2.05) is 6.92 Å². The quantitative estimate of drug-likeness (QED) is 0.574. The van der Waals surface area contributed by atoms with Crippen LogP contribution in [0.3, 0.4) is 0 Å². The summed E-state index contributed by atoms with van der Waals surface area (Å²) in [5.74, 6) is -0.905. The maximum absolute atomic E-state index is 11.1. The summed E-state index contributed by atoms with van der Waals surface area (Å²) >= 11 is 0. The van der Waals surface area contributed by atoms with Crippen LogP contribution in [0, 0.1) is 10.1 Å². The summed E-state index contributed by atoms with van der Waals surface area (Å²) in [5, 5.41) is 26.9. The minimum absolute atomic E-state index is 0.135. The molecular weight excluding hydrogens is 252 g/mol. The van der Waals surface area contributed by atoms with E-state index >= 15 is 0 Å². The van der Waals surface area contributed by atoms with Crippen molar-refractivity contribution in [3.8, 4) is 0 Å². The van der Waals surface area contributed by atoms with E-state index in [2.05, 4.69) is 10.4 Å². The predicted molar refractivity (Wildman–Crippen MR) is 69.2 cm³/mol. The smallest absolute Gasteiger partial charge is 0.334 e. The molecule has 1 aromatic rings. The summed E-state index contributed by atoms with van der Waals surface area (Å²) in [4.78, 5) is 21.6. The highest BCUT2D eigenvalue weighted by Gasteiger charge is 2.28. The Bertz CT molecular complexity index is 483. The molecule has 0 saturated heterocycles. The van der Waals surface area contributed by atoms with Crippen molar-refractivity contribution >= 4 is 17.5 Å². The van der Waals surface area contributed by atoms with Gasteiger partial charge in [0.1, 0.15) is 11.7 Å². The third kappa shape index (κ3) is 3.21. The number of aryl methyl sites for hydroxylation is 2. The molecule has 106 valence electrons. The molecule has 2 N–H and O–H groups in total. The van der Waals surface area contributed by atoms with Crippen molar-refractivity contribution in [2.45, 2.75) is 39.2 Å². The molecule has 0 aromatic carbocycles. The first-order valence-corrected chi connectivity index (χ1v) is 6.11. The van der Waals surface area contributed by atoms with Crippen molar-refractivity contribution in [1.82, 2.24) is 9.78 Å². The van der Waals surface area contributed by atoms with Gasteiger partial charge in [-0.15, -0.1) is 0 Å². The summed E-state index contributed by atoms with van der Waals surface area (Å²) in [6.07, 6.45) is 1.53. The molecular formula is C11H18N4O4. The number of carbonyl (C=O) groups is 1. The summed E-state index contributed by atoms with van der Waals surface area (Å²) < 4.78 is 1.33. The second kappa shape index (κ2) is 6.17. The summed E-state index contributed by atoms with van der Waals surface area (Å²) in [6, 6.07) is -0.872. The van der Waals surface area contributed by atoms with Crippen LogP contribution in [0.5, 0.6) is 0 Å². The Kier molecular flexibility index (Phi) is 4.85. The van der Waals surface area contributed by atoms with Crippen LogP contribution in [0.1, 0.15) is 32.4 Å². The number of hydrogen-bond donors (Lipinski definition) is 2. The van der Waals surface area contributed by atoms with Crippen molar-refractivity contribution in [3.05, 3.63) is 15.8 Å². The van der Waals surface area contributed by atoms with Gasteiger partial charge in [0.15, 0.2) is 0 Å². The number of aliphatic carboxylic acids is 1. The number of anilines is 1. The van der Waals surface area contributed by atoms with Crippen LogP contribution in [0.25, 0.3) is 0 Å². The Morgan fingerprint density at radius 1 is 1.58 bits per heavy atom.